The van der Waals surface area contributed by atoms with Gasteiger partial charge in [-0.05, 0) is 39.0 Å². The molecule has 4 nitrogen and oxygen atoms in total. The lowest BCUT2D eigenvalue weighted by Gasteiger charge is -2.35. The predicted octanol–water partition coefficient (Wildman–Crippen LogP) is 2.37. The Hall–Kier alpha value is -1.17. The SMILES string of the molecule is CC(C)N1CCOC(COc2ccc(F)cc2[C@@H](C)O)C1. The van der Waals surface area contributed by atoms with Crippen molar-refractivity contribution in [2.75, 3.05) is 26.3 Å². The van der Waals surface area contributed by atoms with E-state index in [9.17, 15) is 9.50 Å². The highest BCUT2D eigenvalue weighted by Crippen LogP contribution is 2.26. The molecule has 0 saturated carbocycles. The Morgan fingerprint density at radius 1 is 1.43 bits per heavy atom. The van der Waals surface area contributed by atoms with Gasteiger partial charge in [-0.25, -0.2) is 4.39 Å². The van der Waals surface area contributed by atoms with Crippen molar-refractivity contribution in [3.8, 4) is 5.75 Å². The van der Waals surface area contributed by atoms with E-state index in [0.29, 0.717) is 30.6 Å². The second-order valence-electron chi connectivity index (χ2n) is 5.75. The molecule has 0 radical (unpaired) electrons. The number of aliphatic hydroxyl groups excluding tert-OH is 1. The lowest BCUT2D eigenvalue weighted by Crippen LogP contribution is -2.47. The zero-order valence-electron chi connectivity index (χ0n) is 12.9. The smallest absolute Gasteiger partial charge is 0.125 e. The molecule has 1 aliphatic rings. The van der Waals surface area contributed by atoms with E-state index in [-0.39, 0.29) is 11.9 Å². The highest BCUT2D eigenvalue weighted by molar-refractivity contribution is 5.35. The maximum atomic E-state index is 13.2. The molecule has 1 aliphatic heterocycles. The molecule has 0 aromatic heterocycles. The fourth-order valence-corrected chi connectivity index (χ4v) is 2.47. The lowest BCUT2D eigenvalue weighted by atomic mass is 10.1. The zero-order valence-corrected chi connectivity index (χ0v) is 12.9. The molecule has 2 atom stereocenters. The van der Waals surface area contributed by atoms with Gasteiger partial charge in [0, 0.05) is 24.7 Å². The first-order chi connectivity index (χ1) is 9.97. The monoisotopic (exact) mass is 297 g/mol. The Kier molecular flexibility index (Phi) is 5.56. The number of ether oxygens (including phenoxy) is 2. The maximum Gasteiger partial charge on any atom is 0.125 e. The molecule has 5 heteroatoms. The standard InChI is InChI=1S/C16H24FNO3/c1-11(2)18-6-7-20-14(9-18)10-21-16-5-4-13(17)8-15(16)12(3)19/h4-5,8,11-12,14,19H,6-7,9-10H2,1-3H3/t12-,14?/m1/s1. The zero-order chi connectivity index (χ0) is 15.4. The van der Waals surface area contributed by atoms with E-state index in [1.807, 2.05) is 0 Å². The van der Waals surface area contributed by atoms with Crippen LogP contribution in [-0.4, -0.2) is 48.5 Å². The molecule has 0 amide bonds. The molecule has 21 heavy (non-hydrogen) atoms. The molecular weight excluding hydrogens is 273 g/mol. The van der Waals surface area contributed by atoms with E-state index in [1.54, 1.807) is 13.0 Å². The van der Waals surface area contributed by atoms with Crippen LogP contribution in [0.25, 0.3) is 0 Å². The topological polar surface area (TPSA) is 41.9 Å². The lowest BCUT2D eigenvalue weighted by molar-refractivity contribution is -0.0567. The van der Waals surface area contributed by atoms with Crippen LogP contribution in [0.4, 0.5) is 4.39 Å². The van der Waals surface area contributed by atoms with Crippen molar-refractivity contribution in [1.29, 1.82) is 0 Å². The molecule has 1 aromatic rings. The molecule has 0 spiro atoms. The summed E-state index contributed by atoms with van der Waals surface area (Å²) >= 11 is 0. The van der Waals surface area contributed by atoms with E-state index in [2.05, 4.69) is 18.7 Å². The number of rotatable bonds is 5. The van der Waals surface area contributed by atoms with Crippen molar-refractivity contribution >= 4 is 0 Å². The van der Waals surface area contributed by atoms with Crippen molar-refractivity contribution < 1.29 is 19.0 Å². The first kappa shape index (κ1) is 16.2. The number of morpholine rings is 1. The molecule has 1 aromatic carbocycles. The van der Waals surface area contributed by atoms with Gasteiger partial charge in [-0.3, -0.25) is 4.90 Å². The summed E-state index contributed by atoms with van der Waals surface area (Å²) in [5.74, 6) is 0.134. The first-order valence-corrected chi connectivity index (χ1v) is 7.43. The van der Waals surface area contributed by atoms with E-state index >= 15 is 0 Å². The van der Waals surface area contributed by atoms with Gasteiger partial charge in [-0.15, -0.1) is 0 Å². The van der Waals surface area contributed by atoms with Crippen molar-refractivity contribution in [3.05, 3.63) is 29.6 Å². The minimum Gasteiger partial charge on any atom is -0.490 e. The highest BCUT2D eigenvalue weighted by Gasteiger charge is 2.23. The van der Waals surface area contributed by atoms with Gasteiger partial charge in [0.05, 0.1) is 12.7 Å². The Labute approximate surface area is 125 Å². The Morgan fingerprint density at radius 2 is 2.19 bits per heavy atom. The normalized spacial score (nSPS) is 21.5. The Bertz CT molecular complexity index is 465. The minimum absolute atomic E-state index is 0.00643. The van der Waals surface area contributed by atoms with Crippen molar-refractivity contribution in [1.82, 2.24) is 4.90 Å². The van der Waals surface area contributed by atoms with E-state index in [1.165, 1.54) is 12.1 Å². The van der Waals surface area contributed by atoms with Crippen molar-refractivity contribution in [2.24, 2.45) is 0 Å². The largest absolute Gasteiger partial charge is 0.490 e. The van der Waals surface area contributed by atoms with Gasteiger partial charge in [0.25, 0.3) is 0 Å². The molecule has 0 bridgehead atoms. The first-order valence-electron chi connectivity index (χ1n) is 7.43. The summed E-state index contributed by atoms with van der Waals surface area (Å²) in [7, 11) is 0. The predicted molar refractivity (Wildman–Crippen MR) is 79.0 cm³/mol. The number of halogens is 1. The molecule has 0 aliphatic carbocycles. The molecule has 118 valence electrons. The molecule has 1 heterocycles. The van der Waals surface area contributed by atoms with Crippen LogP contribution in [-0.2, 0) is 4.74 Å². The molecule has 1 saturated heterocycles. The van der Waals surface area contributed by atoms with Crippen LogP contribution in [0.5, 0.6) is 5.75 Å². The average molecular weight is 297 g/mol. The molecule has 1 fully saturated rings. The van der Waals surface area contributed by atoms with Crippen molar-refractivity contribution in [3.63, 3.8) is 0 Å². The average Bonchev–Trinajstić information content (AvgIpc) is 2.46. The number of nitrogens with zero attached hydrogens (tertiary/aromatic N) is 1. The minimum atomic E-state index is -0.768. The van der Waals surface area contributed by atoms with E-state index < -0.39 is 6.10 Å². The summed E-state index contributed by atoms with van der Waals surface area (Å²) in [6.07, 6.45) is -0.775. The van der Waals surface area contributed by atoms with Gasteiger partial charge in [0.1, 0.15) is 24.3 Å². The highest BCUT2D eigenvalue weighted by atomic mass is 19.1. The van der Waals surface area contributed by atoms with Gasteiger partial charge in [-0.1, -0.05) is 0 Å². The Morgan fingerprint density at radius 3 is 2.86 bits per heavy atom. The van der Waals surface area contributed by atoms with Gasteiger partial charge in [0.15, 0.2) is 0 Å². The van der Waals surface area contributed by atoms with Gasteiger partial charge >= 0.3 is 0 Å². The second-order valence-corrected chi connectivity index (χ2v) is 5.75. The van der Waals surface area contributed by atoms with E-state index in [4.69, 9.17) is 9.47 Å². The fourth-order valence-electron chi connectivity index (χ4n) is 2.47. The van der Waals surface area contributed by atoms with E-state index in [0.717, 1.165) is 13.1 Å². The van der Waals surface area contributed by atoms with Crippen molar-refractivity contribution in [2.45, 2.75) is 39.0 Å². The third-order valence-electron chi connectivity index (χ3n) is 3.75. The third-order valence-corrected chi connectivity index (χ3v) is 3.75. The third kappa shape index (κ3) is 4.40. The van der Waals surface area contributed by atoms with Crippen LogP contribution in [0.2, 0.25) is 0 Å². The fraction of sp³-hybridized carbons (Fsp3) is 0.625. The summed E-state index contributed by atoms with van der Waals surface area (Å²) in [5.41, 5.74) is 0.464. The second kappa shape index (κ2) is 7.20. The number of hydrogen-bond donors (Lipinski definition) is 1. The van der Waals surface area contributed by atoms with Crippen LogP contribution >= 0.6 is 0 Å². The summed E-state index contributed by atoms with van der Waals surface area (Å²) in [4.78, 5) is 2.35. The van der Waals surface area contributed by atoms with Gasteiger partial charge < -0.3 is 14.6 Å². The summed E-state index contributed by atoms with van der Waals surface area (Å²) in [5, 5.41) is 9.69. The number of benzene rings is 1. The van der Waals surface area contributed by atoms with Crippen LogP contribution in [0, 0.1) is 5.82 Å². The molecule has 2 rings (SSSR count). The quantitative estimate of drug-likeness (QED) is 0.906. The number of hydrogen-bond acceptors (Lipinski definition) is 4. The molecular formula is C16H24FNO3. The summed E-state index contributed by atoms with van der Waals surface area (Å²) in [6.45, 7) is 8.77. The van der Waals surface area contributed by atoms with Crippen LogP contribution in [0.3, 0.4) is 0 Å². The molecule has 1 N–H and O–H groups in total. The van der Waals surface area contributed by atoms with Gasteiger partial charge in [-0.2, -0.15) is 0 Å². The Balaban J connectivity index is 1.96. The molecule has 1 unspecified atom stereocenters. The van der Waals surface area contributed by atoms with Crippen LogP contribution in [0.1, 0.15) is 32.4 Å². The number of aliphatic hydroxyl groups is 1. The maximum absolute atomic E-state index is 13.2. The summed E-state index contributed by atoms with van der Waals surface area (Å²) < 4.78 is 24.7. The summed E-state index contributed by atoms with van der Waals surface area (Å²) in [6, 6.07) is 4.68. The van der Waals surface area contributed by atoms with Gasteiger partial charge in [0.2, 0.25) is 0 Å². The van der Waals surface area contributed by atoms with Crippen LogP contribution in [0.15, 0.2) is 18.2 Å². The van der Waals surface area contributed by atoms with Crippen LogP contribution < -0.4 is 4.74 Å².